The van der Waals surface area contributed by atoms with Crippen molar-refractivity contribution in [2.75, 3.05) is 0 Å². The quantitative estimate of drug-likeness (QED) is 0.121. The summed E-state index contributed by atoms with van der Waals surface area (Å²) in [5.41, 5.74) is 26.0. The Balaban J connectivity index is 0.965. The van der Waals surface area contributed by atoms with Gasteiger partial charge in [0.15, 0.2) is 0 Å². The Kier molecular flexibility index (Phi) is 12.7. The predicted octanol–water partition coefficient (Wildman–Crippen LogP) is 22.3. The van der Waals surface area contributed by atoms with Gasteiger partial charge in [0.25, 0.3) is 0 Å². The summed E-state index contributed by atoms with van der Waals surface area (Å²) in [6.07, 6.45) is 0. The molecule has 0 amide bonds. The van der Waals surface area contributed by atoms with E-state index in [9.17, 15) is 0 Å². The van der Waals surface area contributed by atoms with Crippen LogP contribution in [0.25, 0.3) is 144 Å². The highest BCUT2D eigenvalue weighted by Gasteiger charge is 2.18. The van der Waals surface area contributed by atoms with Crippen LogP contribution in [0.4, 0.5) is 0 Å². The topological polar surface area (TPSA) is 0 Å². The molecule has 0 fully saturated rings. The van der Waals surface area contributed by atoms with E-state index < -0.39 is 0 Å². The van der Waals surface area contributed by atoms with Crippen molar-refractivity contribution in [3.63, 3.8) is 0 Å². The molecule has 0 saturated heterocycles. The van der Waals surface area contributed by atoms with Gasteiger partial charge in [0.2, 0.25) is 0 Å². The van der Waals surface area contributed by atoms with Crippen molar-refractivity contribution in [1.82, 2.24) is 0 Å². The molecular weight excluding hydrogens is 961 g/mol. The van der Waals surface area contributed by atoms with Gasteiger partial charge in [0.1, 0.15) is 0 Å². The first-order valence-electron chi connectivity index (χ1n) is 27.6. The van der Waals surface area contributed by atoms with E-state index in [4.69, 9.17) is 0 Å². The van der Waals surface area contributed by atoms with Crippen molar-refractivity contribution in [2.45, 2.75) is 0 Å². The van der Waals surface area contributed by atoms with E-state index in [0.29, 0.717) is 0 Å². The molecule has 14 rings (SSSR count). The summed E-state index contributed by atoms with van der Waals surface area (Å²) >= 11 is 0. The Bertz CT molecular complexity index is 4270. The lowest BCUT2D eigenvalue weighted by Gasteiger charge is -2.18. The van der Waals surface area contributed by atoms with Crippen molar-refractivity contribution in [2.24, 2.45) is 0 Å². The molecule has 14 aromatic rings. The van der Waals surface area contributed by atoms with E-state index in [1.165, 1.54) is 116 Å². The number of hydrogen-bond donors (Lipinski definition) is 0. The molecular formula is C80H54. The van der Waals surface area contributed by atoms with Crippen molar-refractivity contribution >= 4 is 21.5 Å². The first-order valence-corrected chi connectivity index (χ1v) is 27.6. The Morgan fingerprint density at radius 3 is 0.637 bits per heavy atom. The van der Waals surface area contributed by atoms with Crippen LogP contribution in [0.15, 0.2) is 328 Å². The first-order chi connectivity index (χ1) is 39.6. The third kappa shape index (κ3) is 9.72. The summed E-state index contributed by atoms with van der Waals surface area (Å²) in [5.74, 6) is 0. The van der Waals surface area contributed by atoms with Crippen LogP contribution < -0.4 is 0 Å². The molecule has 0 bridgehead atoms. The van der Waals surface area contributed by atoms with E-state index in [0.717, 1.165) is 27.8 Å². The van der Waals surface area contributed by atoms with Gasteiger partial charge in [-0.25, -0.2) is 0 Å². The molecule has 0 heterocycles. The fourth-order valence-electron chi connectivity index (χ4n) is 11.7. The summed E-state index contributed by atoms with van der Waals surface area (Å²) in [4.78, 5) is 0. The SMILES string of the molecule is c1ccc(-c2cc(-c3ccccc3)cc(-c3cccc(-c4cccc(-c5cc(-c6cc(-c7ccccc7)cc7cc(-c8ccccc8)ccc67)cc(-c6cc(-c7ccccc7)cc7cc(-c8ccccc8)ccc67)c5)c4)c3)c2)cc1. The molecule has 0 nitrogen and oxygen atoms in total. The lowest BCUT2D eigenvalue weighted by Crippen LogP contribution is -1.92. The molecule has 0 radical (unpaired) electrons. The van der Waals surface area contributed by atoms with Crippen molar-refractivity contribution in [3.05, 3.63) is 328 Å². The monoisotopic (exact) mass is 1010 g/mol. The van der Waals surface area contributed by atoms with Crippen LogP contribution in [0.2, 0.25) is 0 Å². The molecule has 0 unspecified atom stereocenters. The third-order valence-corrected chi connectivity index (χ3v) is 15.8. The Morgan fingerprint density at radius 2 is 0.312 bits per heavy atom. The summed E-state index contributed by atoms with van der Waals surface area (Å²) < 4.78 is 0. The highest BCUT2D eigenvalue weighted by Crippen LogP contribution is 2.44. The van der Waals surface area contributed by atoms with Gasteiger partial charge < -0.3 is 0 Å². The van der Waals surface area contributed by atoms with Gasteiger partial charge in [-0.15, -0.1) is 0 Å². The second kappa shape index (κ2) is 21.2. The number of fused-ring (bicyclic) bond motifs is 2. The maximum Gasteiger partial charge on any atom is -0.00988 e. The van der Waals surface area contributed by atoms with Crippen molar-refractivity contribution < 1.29 is 0 Å². The van der Waals surface area contributed by atoms with Gasteiger partial charge in [-0.05, 0) is 229 Å². The van der Waals surface area contributed by atoms with E-state index in [1.807, 2.05) is 0 Å². The van der Waals surface area contributed by atoms with Crippen LogP contribution in [-0.4, -0.2) is 0 Å². The molecule has 0 spiro atoms. The minimum Gasteiger partial charge on any atom is -0.0622 e. The molecule has 0 aliphatic rings. The average molecular weight is 1020 g/mol. The molecule has 0 aromatic heterocycles. The highest BCUT2D eigenvalue weighted by molar-refractivity contribution is 6.06. The van der Waals surface area contributed by atoms with Gasteiger partial charge in [-0.2, -0.15) is 0 Å². The third-order valence-electron chi connectivity index (χ3n) is 15.8. The standard InChI is InChI=1S/C80H54/c1-7-21-55(22-8-1)65-37-39-77-73(43-65)50-71(59-29-15-5-16-30-59)53-79(77)75-48-70(49-76(52-75)80-54-72(60-31-17-6-18-32-60)51-74-44-66(38-40-78(74)80)56-23-9-2-10-24-56)64-36-20-34-62(42-64)61-33-19-35-63(41-61)69-46-67(57-25-11-3-12-26-57)45-68(47-69)58-27-13-4-14-28-58/h1-54H. The molecule has 0 heteroatoms. The maximum atomic E-state index is 2.44. The zero-order valence-electron chi connectivity index (χ0n) is 44.2. The summed E-state index contributed by atoms with van der Waals surface area (Å²) in [7, 11) is 0. The maximum absolute atomic E-state index is 2.44. The average Bonchev–Trinajstić information content (AvgIpc) is 3.68. The van der Waals surface area contributed by atoms with Crippen LogP contribution in [-0.2, 0) is 0 Å². The van der Waals surface area contributed by atoms with Gasteiger partial charge in [-0.3, -0.25) is 0 Å². The second-order valence-electron chi connectivity index (χ2n) is 20.9. The Hall–Kier alpha value is -10.4. The number of rotatable bonds is 11. The van der Waals surface area contributed by atoms with Gasteiger partial charge >= 0.3 is 0 Å². The highest BCUT2D eigenvalue weighted by atomic mass is 14.2. The summed E-state index contributed by atoms with van der Waals surface area (Å²) in [5, 5.41) is 4.82. The van der Waals surface area contributed by atoms with Crippen LogP contribution >= 0.6 is 0 Å². The lowest BCUT2D eigenvalue weighted by atomic mass is 9.86. The van der Waals surface area contributed by atoms with Gasteiger partial charge in [-0.1, -0.05) is 243 Å². The fraction of sp³-hybridized carbons (Fsp3) is 0. The summed E-state index contributed by atoms with van der Waals surface area (Å²) in [6, 6.07) is 120. The predicted molar refractivity (Wildman–Crippen MR) is 341 cm³/mol. The van der Waals surface area contributed by atoms with E-state index in [1.54, 1.807) is 0 Å². The van der Waals surface area contributed by atoms with Crippen molar-refractivity contribution in [3.8, 4) is 122 Å². The molecule has 0 saturated carbocycles. The van der Waals surface area contributed by atoms with Crippen LogP contribution in [0.1, 0.15) is 0 Å². The molecule has 80 heavy (non-hydrogen) atoms. The van der Waals surface area contributed by atoms with Gasteiger partial charge in [0, 0.05) is 0 Å². The summed E-state index contributed by atoms with van der Waals surface area (Å²) in [6.45, 7) is 0. The van der Waals surface area contributed by atoms with Crippen molar-refractivity contribution in [1.29, 1.82) is 0 Å². The normalized spacial score (nSPS) is 11.2. The van der Waals surface area contributed by atoms with E-state index in [-0.39, 0.29) is 0 Å². The minimum atomic E-state index is 1.15. The lowest BCUT2D eigenvalue weighted by molar-refractivity contribution is 1.55. The van der Waals surface area contributed by atoms with Gasteiger partial charge in [0.05, 0.1) is 0 Å². The molecule has 374 valence electrons. The number of hydrogen-bond acceptors (Lipinski definition) is 0. The van der Waals surface area contributed by atoms with Crippen LogP contribution in [0.5, 0.6) is 0 Å². The van der Waals surface area contributed by atoms with E-state index >= 15 is 0 Å². The molecule has 0 atom stereocenters. The second-order valence-corrected chi connectivity index (χ2v) is 20.9. The Labute approximate surface area is 468 Å². The van der Waals surface area contributed by atoms with Crippen LogP contribution in [0.3, 0.4) is 0 Å². The zero-order valence-corrected chi connectivity index (χ0v) is 44.2. The fourth-order valence-corrected chi connectivity index (χ4v) is 11.7. The van der Waals surface area contributed by atoms with Crippen LogP contribution in [0, 0.1) is 0 Å². The Morgan fingerprint density at radius 1 is 0.113 bits per heavy atom. The molecule has 14 aromatic carbocycles. The zero-order chi connectivity index (χ0) is 53.2. The smallest absolute Gasteiger partial charge is 0.00988 e. The largest absolute Gasteiger partial charge is 0.0622 e. The number of benzene rings is 14. The minimum absolute atomic E-state index is 1.15. The van der Waals surface area contributed by atoms with E-state index in [2.05, 4.69) is 328 Å². The molecule has 0 aliphatic carbocycles. The first kappa shape index (κ1) is 48.0. The molecule has 0 aliphatic heterocycles. The molecule has 0 N–H and O–H groups in total.